The number of benzene rings is 6. The molecular weight excluding hydrogens is 577 g/mol. The molecule has 1 aromatic heterocycles. The minimum absolute atomic E-state index is 0.0118. The highest BCUT2D eigenvalue weighted by Gasteiger charge is 2.28. The van der Waals surface area contributed by atoms with Gasteiger partial charge in [0, 0.05) is 21.6 Å². The molecule has 0 atom stereocenters. The van der Waals surface area contributed by atoms with Crippen molar-refractivity contribution in [1.82, 2.24) is 9.55 Å². The van der Waals surface area contributed by atoms with Crippen molar-refractivity contribution < 1.29 is 9.67 Å². The van der Waals surface area contributed by atoms with Crippen LogP contribution in [0.4, 0.5) is 11.6 Å². The van der Waals surface area contributed by atoms with Crippen LogP contribution in [0.15, 0.2) is 175 Å². The van der Waals surface area contributed by atoms with E-state index in [1.54, 1.807) is 42.5 Å². The number of hydrogen-bond donors (Lipinski definition) is 2. The van der Waals surface area contributed by atoms with Gasteiger partial charge in [-0.15, -0.1) is 0 Å². The van der Waals surface area contributed by atoms with E-state index in [9.17, 15) is 14.5 Å². The summed E-state index contributed by atoms with van der Waals surface area (Å²) in [6.07, 6.45) is 0. The van der Waals surface area contributed by atoms with Crippen molar-refractivity contribution in [2.75, 3.05) is 5.32 Å². The smallest absolute Gasteiger partial charge is 0.267 e. The van der Waals surface area contributed by atoms with Crippen molar-refractivity contribution in [1.29, 1.82) is 0 Å². The molecule has 0 amide bonds. The van der Waals surface area contributed by atoms with Crippen LogP contribution in [0.2, 0.25) is 0 Å². The highest BCUT2D eigenvalue weighted by atomic mass is 31.2. The van der Waals surface area contributed by atoms with E-state index in [4.69, 9.17) is 0 Å². The van der Waals surface area contributed by atoms with E-state index in [0.29, 0.717) is 22.5 Å². The molecule has 0 aliphatic rings. The number of aromatic nitrogens is 2. The van der Waals surface area contributed by atoms with Crippen molar-refractivity contribution in [2.45, 2.75) is 0 Å². The van der Waals surface area contributed by atoms with Crippen LogP contribution in [0, 0.1) is 0 Å². The zero-order chi connectivity index (χ0) is 31.1. The van der Waals surface area contributed by atoms with Crippen molar-refractivity contribution in [2.24, 2.45) is 0 Å². The Hall–Kier alpha value is -5.71. The molecule has 2 N–H and O–H groups in total. The molecule has 7 rings (SSSR count). The lowest BCUT2D eigenvalue weighted by atomic mass is 10.2. The number of fused-ring (bicyclic) bond motifs is 1. The van der Waals surface area contributed by atoms with Crippen molar-refractivity contribution >= 4 is 45.6 Å². The number of hydrogen-bond acceptors (Lipinski definition) is 5. The summed E-state index contributed by atoms with van der Waals surface area (Å²) in [4.78, 5) is 17.7. The Balaban J connectivity index is 0.000000163. The summed E-state index contributed by atoms with van der Waals surface area (Å²) in [5.74, 6) is 0.356. The van der Waals surface area contributed by atoms with Crippen LogP contribution in [0.3, 0.4) is 0 Å². The number of nitrogens with zero attached hydrogens (tertiary/aromatic N) is 2. The Labute approximate surface area is 261 Å². The highest BCUT2D eigenvalue weighted by molar-refractivity contribution is 7.85. The lowest BCUT2D eigenvalue weighted by Crippen LogP contribution is -2.24. The molecule has 45 heavy (non-hydrogen) atoms. The summed E-state index contributed by atoms with van der Waals surface area (Å²) in [6.45, 7) is 0. The normalized spacial score (nSPS) is 10.9. The number of phenols is 1. The summed E-state index contributed by atoms with van der Waals surface area (Å²) < 4.78 is 15.2. The Morgan fingerprint density at radius 2 is 1.00 bits per heavy atom. The minimum Gasteiger partial charge on any atom is -0.506 e. The first-order valence-electron chi connectivity index (χ1n) is 14.4. The van der Waals surface area contributed by atoms with E-state index < -0.39 is 7.14 Å². The molecule has 0 saturated heterocycles. The molecule has 0 saturated carbocycles. The third kappa shape index (κ3) is 6.19. The monoisotopic (exact) mass is 607 g/mol. The van der Waals surface area contributed by atoms with Crippen LogP contribution in [0.1, 0.15) is 0 Å². The maximum Gasteiger partial charge on any atom is 0.267 e. The van der Waals surface area contributed by atoms with Gasteiger partial charge in [-0.25, -0.2) is 9.55 Å². The lowest BCUT2D eigenvalue weighted by molar-refractivity contribution is 0.472. The SMILES string of the molecule is O=P(c1ccccc1)(c1ccccc1)c1ccccc1.O=c1c2ccccc2nc(Nc2ccccc2)n1-c1ccccc1O. The molecule has 1 heterocycles. The average molecular weight is 608 g/mol. The van der Waals surface area contributed by atoms with Crippen LogP contribution in [0.5, 0.6) is 5.75 Å². The lowest BCUT2D eigenvalue weighted by Gasteiger charge is -2.19. The van der Waals surface area contributed by atoms with E-state index in [-0.39, 0.29) is 11.3 Å². The van der Waals surface area contributed by atoms with Gasteiger partial charge in [0.25, 0.3) is 5.56 Å². The van der Waals surface area contributed by atoms with Crippen molar-refractivity contribution in [3.63, 3.8) is 0 Å². The van der Waals surface area contributed by atoms with Gasteiger partial charge >= 0.3 is 0 Å². The highest BCUT2D eigenvalue weighted by Crippen LogP contribution is 2.41. The number of aromatic hydroxyl groups is 1. The minimum atomic E-state index is -2.78. The Kier molecular flexibility index (Phi) is 8.67. The Morgan fingerprint density at radius 1 is 0.556 bits per heavy atom. The van der Waals surface area contributed by atoms with Gasteiger partial charge in [0.1, 0.15) is 5.75 Å². The topological polar surface area (TPSA) is 84.2 Å². The summed E-state index contributed by atoms with van der Waals surface area (Å²) in [6, 6.07) is 52.5. The van der Waals surface area contributed by atoms with Crippen LogP contribution in [0.25, 0.3) is 16.6 Å². The summed E-state index contributed by atoms with van der Waals surface area (Å²) >= 11 is 0. The largest absolute Gasteiger partial charge is 0.506 e. The van der Waals surface area contributed by atoms with Gasteiger partial charge in [0.15, 0.2) is 7.14 Å². The number of rotatable bonds is 6. The molecule has 220 valence electrons. The molecule has 0 aliphatic carbocycles. The number of phenolic OH excluding ortho intramolecular Hbond substituents is 1. The zero-order valence-corrected chi connectivity index (χ0v) is 25.2. The Bertz CT molecular complexity index is 2030. The molecule has 0 spiro atoms. The van der Waals surface area contributed by atoms with Crippen LogP contribution in [-0.2, 0) is 4.57 Å². The molecule has 0 bridgehead atoms. The molecule has 0 unspecified atom stereocenters. The van der Waals surface area contributed by atoms with E-state index in [1.807, 2.05) is 127 Å². The van der Waals surface area contributed by atoms with Gasteiger partial charge in [0.2, 0.25) is 5.95 Å². The molecule has 0 aliphatic heterocycles. The predicted octanol–water partition coefficient (Wildman–Crippen LogP) is 7.16. The second-order valence-electron chi connectivity index (χ2n) is 10.2. The summed E-state index contributed by atoms with van der Waals surface area (Å²) in [7, 11) is -2.78. The number of nitrogens with one attached hydrogen (secondary N) is 1. The molecule has 6 aromatic carbocycles. The van der Waals surface area contributed by atoms with Crippen molar-refractivity contribution in [3.05, 3.63) is 180 Å². The van der Waals surface area contributed by atoms with Gasteiger partial charge in [-0.1, -0.05) is 133 Å². The maximum absolute atomic E-state index is 13.8. The van der Waals surface area contributed by atoms with Crippen LogP contribution < -0.4 is 26.8 Å². The zero-order valence-electron chi connectivity index (χ0n) is 24.3. The van der Waals surface area contributed by atoms with Crippen LogP contribution in [-0.4, -0.2) is 14.7 Å². The fourth-order valence-corrected chi connectivity index (χ4v) is 7.78. The molecule has 0 radical (unpaired) electrons. The maximum atomic E-state index is 13.8. The first kappa shape index (κ1) is 29.4. The van der Waals surface area contributed by atoms with Gasteiger partial charge < -0.3 is 15.0 Å². The standard InChI is InChI=1S/C20H15N3O2.C18H15OP/c24-18-13-7-6-12-17(18)23-19(25)15-10-4-5-11-16(15)22-20(23)21-14-8-2-1-3-9-14;19-20(16-10-4-1-5-11-16,17-12-6-2-7-13-17)18-14-8-3-9-15-18/h1-13,24H,(H,21,22);1-15H. The Morgan fingerprint density at radius 3 is 1.53 bits per heavy atom. The van der Waals surface area contributed by atoms with Gasteiger partial charge in [-0.05, 0) is 36.4 Å². The molecule has 7 heteroatoms. The summed E-state index contributed by atoms with van der Waals surface area (Å²) in [5, 5.41) is 16.5. The first-order valence-corrected chi connectivity index (χ1v) is 16.2. The second kappa shape index (κ2) is 13.3. The predicted molar refractivity (Wildman–Crippen MR) is 185 cm³/mol. The van der Waals surface area contributed by atoms with E-state index in [1.165, 1.54) is 4.57 Å². The molecule has 0 fully saturated rings. The summed E-state index contributed by atoms with van der Waals surface area (Å²) in [5.41, 5.74) is 1.53. The molecule has 7 aromatic rings. The fraction of sp³-hybridized carbons (Fsp3) is 0. The first-order chi connectivity index (χ1) is 22.1. The second-order valence-corrected chi connectivity index (χ2v) is 13.0. The van der Waals surface area contributed by atoms with E-state index in [2.05, 4.69) is 10.3 Å². The third-order valence-electron chi connectivity index (χ3n) is 7.29. The number of anilines is 2. The van der Waals surface area contributed by atoms with Gasteiger partial charge in [-0.2, -0.15) is 0 Å². The van der Waals surface area contributed by atoms with Crippen molar-refractivity contribution in [3.8, 4) is 11.4 Å². The molecular formula is C38H30N3O3P. The number of para-hydroxylation sites is 4. The van der Waals surface area contributed by atoms with Gasteiger partial charge in [0.05, 0.1) is 16.6 Å². The third-order valence-corrected chi connectivity index (χ3v) is 10.4. The molecule has 6 nitrogen and oxygen atoms in total. The quantitative estimate of drug-likeness (QED) is 0.196. The fourth-order valence-electron chi connectivity index (χ4n) is 5.10. The van der Waals surface area contributed by atoms with E-state index >= 15 is 0 Å². The average Bonchev–Trinajstić information content (AvgIpc) is 3.11. The van der Waals surface area contributed by atoms with E-state index in [0.717, 1.165) is 21.6 Å². The van der Waals surface area contributed by atoms with Gasteiger partial charge in [-0.3, -0.25) is 4.79 Å². The van der Waals surface area contributed by atoms with Crippen LogP contribution >= 0.6 is 7.14 Å².